The molecule has 0 bridgehead atoms. The summed E-state index contributed by atoms with van der Waals surface area (Å²) in [4.78, 5) is 0. The van der Waals surface area contributed by atoms with Crippen LogP contribution >= 0.6 is 11.6 Å². The molecule has 0 aliphatic heterocycles. The molecule has 0 atom stereocenters. The van der Waals surface area contributed by atoms with Gasteiger partial charge in [-0.25, -0.2) is 8.78 Å². The monoisotopic (exact) mass is 311 g/mol. The van der Waals surface area contributed by atoms with Crippen molar-refractivity contribution in [3.05, 3.63) is 64.2 Å². The third-order valence-corrected chi connectivity index (χ3v) is 3.36. The van der Waals surface area contributed by atoms with Gasteiger partial charge in [-0.05, 0) is 36.4 Å². The standard InChI is InChI=1S/C16H16ClF2NO/c1-2-20-9-11-6-7-16(15(19)8-11)21-10-12-13(17)4-3-5-14(12)18/h3-8,20H,2,9-10H2,1H3. The Bertz CT molecular complexity index is 599. The minimum atomic E-state index is -0.474. The molecule has 0 heterocycles. The van der Waals surface area contributed by atoms with Gasteiger partial charge < -0.3 is 10.1 Å². The molecule has 21 heavy (non-hydrogen) atoms. The first kappa shape index (κ1) is 15.7. The highest BCUT2D eigenvalue weighted by Gasteiger charge is 2.10. The van der Waals surface area contributed by atoms with Crippen LogP contribution in [0.1, 0.15) is 18.1 Å². The highest BCUT2D eigenvalue weighted by Crippen LogP contribution is 2.23. The molecule has 0 fully saturated rings. The van der Waals surface area contributed by atoms with Crippen LogP contribution in [0.25, 0.3) is 0 Å². The summed E-state index contributed by atoms with van der Waals surface area (Å²) in [5.74, 6) is -0.862. The van der Waals surface area contributed by atoms with E-state index in [1.165, 1.54) is 24.3 Å². The molecule has 0 saturated heterocycles. The van der Waals surface area contributed by atoms with Crippen LogP contribution in [0.5, 0.6) is 5.75 Å². The van der Waals surface area contributed by atoms with E-state index in [2.05, 4.69) is 5.32 Å². The zero-order valence-electron chi connectivity index (χ0n) is 11.6. The van der Waals surface area contributed by atoms with Gasteiger partial charge >= 0.3 is 0 Å². The fourth-order valence-electron chi connectivity index (χ4n) is 1.86. The molecule has 0 saturated carbocycles. The second-order valence-corrected chi connectivity index (χ2v) is 4.94. The van der Waals surface area contributed by atoms with E-state index < -0.39 is 11.6 Å². The lowest BCUT2D eigenvalue weighted by Crippen LogP contribution is -2.11. The zero-order chi connectivity index (χ0) is 15.2. The molecular formula is C16H16ClF2NO. The first-order chi connectivity index (χ1) is 10.1. The molecule has 5 heteroatoms. The minimum Gasteiger partial charge on any atom is -0.486 e. The molecule has 0 aliphatic rings. The quantitative estimate of drug-likeness (QED) is 0.858. The van der Waals surface area contributed by atoms with Gasteiger partial charge in [0.15, 0.2) is 11.6 Å². The molecule has 2 aromatic carbocycles. The minimum absolute atomic E-state index is 0.0783. The lowest BCUT2D eigenvalue weighted by molar-refractivity contribution is 0.284. The van der Waals surface area contributed by atoms with E-state index in [4.69, 9.17) is 16.3 Å². The van der Waals surface area contributed by atoms with Crippen molar-refractivity contribution >= 4 is 11.6 Å². The van der Waals surface area contributed by atoms with E-state index in [9.17, 15) is 8.78 Å². The number of halogens is 3. The Balaban J connectivity index is 2.06. The molecule has 2 rings (SSSR count). The topological polar surface area (TPSA) is 21.3 Å². The molecule has 2 nitrogen and oxygen atoms in total. The molecule has 1 N–H and O–H groups in total. The van der Waals surface area contributed by atoms with E-state index in [1.54, 1.807) is 12.1 Å². The Morgan fingerprint density at radius 1 is 1.14 bits per heavy atom. The summed E-state index contributed by atoms with van der Waals surface area (Å²) < 4.78 is 32.8. The van der Waals surface area contributed by atoms with Gasteiger partial charge in [-0.2, -0.15) is 0 Å². The van der Waals surface area contributed by atoms with Gasteiger partial charge in [-0.3, -0.25) is 0 Å². The highest BCUT2D eigenvalue weighted by atomic mass is 35.5. The van der Waals surface area contributed by atoms with Gasteiger partial charge in [-0.15, -0.1) is 0 Å². The largest absolute Gasteiger partial charge is 0.486 e. The van der Waals surface area contributed by atoms with E-state index >= 15 is 0 Å². The maximum Gasteiger partial charge on any atom is 0.165 e. The first-order valence-electron chi connectivity index (χ1n) is 6.66. The molecule has 0 spiro atoms. The number of nitrogens with one attached hydrogen (secondary N) is 1. The van der Waals surface area contributed by atoms with Crippen molar-refractivity contribution in [3.63, 3.8) is 0 Å². The van der Waals surface area contributed by atoms with Gasteiger partial charge in [0.25, 0.3) is 0 Å². The summed E-state index contributed by atoms with van der Waals surface area (Å²) in [6, 6.07) is 9.08. The Hall–Kier alpha value is -1.65. The van der Waals surface area contributed by atoms with Crippen LogP contribution in [0, 0.1) is 11.6 Å². The maximum atomic E-state index is 13.9. The summed E-state index contributed by atoms with van der Waals surface area (Å²) >= 11 is 5.90. The summed E-state index contributed by atoms with van der Waals surface area (Å²) in [6.07, 6.45) is 0. The van der Waals surface area contributed by atoms with Crippen LogP contribution in [0.2, 0.25) is 5.02 Å². The number of benzene rings is 2. The molecular weight excluding hydrogens is 296 g/mol. The fraction of sp³-hybridized carbons (Fsp3) is 0.250. The Morgan fingerprint density at radius 3 is 2.62 bits per heavy atom. The SMILES string of the molecule is CCNCc1ccc(OCc2c(F)cccc2Cl)c(F)c1. The van der Waals surface area contributed by atoms with Crippen LogP contribution in [-0.4, -0.2) is 6.54 Å². The van der Waals surface area contributed by atoms with E-state index in [0.717, 1.165) is 12.1 Å². The summed E-state index contributed by atoms with van der Waals surface area (Å²) in [5, 5.41) is 3.37. The smallest absolute Gasteiger partial charge is 0.165 e. The number of rotatable bonds is 6. The van der Waals surface area contributed by atoms with Crippen LogP contribution < -0.4 is 10.1 Å². The highest BCUT2D eigenvalue weighted by molar-refractivity contribution is 6.31. The van der Waals surface area contributed by atoms with Gasteiger partial charge in [0.2, 0.25) is 0 Å². The maximum absolute atomic E-state index is 13.9. The molecule has 0 amide bonds. The van der Waals surface area contributed by atoms with Crippen molar-refractivity contribution in [1.82, 2.24) is 5.32 Å². The number of ether oxygens (including phenoxy) is 1. The van der Waals surface area contributed by atoms with Crippen molar-refractivity contribution < 1.29 is 13.5 Å². The van der Waals surface area contributed by atoms with Gasteiger partial charge in [0, 0.05) is 12.1 Å². The Kier molecular flexibility index (Phi) is 5.53. The lowest BCUT2D eigenvalue weighted by Gasteiger charge is -2.10. The second-order valence-electron chi connectivity index (χ2n) is 4.53. The van der Waals surface area contributed by atoms with E-state index in [1.807, 2.05) is 6.92 Å². The van der Waals surface area contributed by atoms with Gasteiger partial charge in [0.05, 0.1) is 5.02 Å². The molecule has 0 aromatic heterocycles. The average molecular weight is 312 g/mol. The molecule has 2 aromatic rings. The van der Waals surface area contributed by atoms with E-state index in [-0.39, 0.29) is 22.9 Å². The predicted molar refractivity (Wildman–Crippen MR) is 79.5 cm³/mol. The van der Waals surface area contributed by atoms with Crippen molar-refractivity contribution in [1.29, 1.82) is 0 Å². The van der Waals surface area contributed by atoms with Crippen LogP contribution in [-0.2, 0) is 13.2 Å². The van der Waals surface area contributed by atoms with Crippen LogP contribution in [0.3, 0.4) is 0 Å². The summed E-state index contributed by atoms with van der Waals surface area (Å²) in [5.41, 5.74) is 1.04. The summed E-state index contributed by atoms with van der Waals surface area (Å²) in [7, 11) is 0. The normalized spacial score (nSPS) is 10.7. The second kappa shape index (κ2) is 7.38. The zero-order valence-corrected chi connectivity index (χ0v) is 12.4. The molecule has 0 aliphatic carbocycles. The van der Waals surface area contributed by atoms with Crippen LogP contribution in [0.15, 0.2) is 36.4 Å². The first-order valence-corrected chi connectivity index (χ1v) is 7.04. The van der Waals surface area contributed by atoms with Crippen molar-refractivity contribution in [3.8, 4) is 5.75 Å². The van der Waals surface area contributed by atoms with Crippen molar-refractivity contribution in [2.45, 2.75) is 20.1 Å². The third-order valence-electron chi connectivity index (χ3n) is 3.01. The molecule has 0 unspecified atom stereocenters. The molecule has 0 radical (unpaired) electrons. The van der Waals surface area contributed by atoms with Gasteiger partial charge in [0.1, 0.15) is 12.4 Å². The van der Waals surface area contributed by atoms with E-state index in [0.29, 0.717) is 6.54 Å². The number of hydrogen-bond acceptors (Lipinski definition) is 2. The molecule has 112 valence electrons. The van der Waals surface area contributed by atoms with Crippen molar-refractivity contribution in [2.75, 3.05) is 6.54 Å². The van der Waals surface area contributed by atoms with Gasteiger partial charge in [-0.1, -0.05) is 30.7 Å². The number of hydrogen-bond donors (Lipinski definition) is 1. The third kappa shape index (κ3) is 4.16. The summed E-state index contributed by atoms with van der Waals surface area (Å²) in [6.45, 7) is 3.26. The predicted octanol–water partition coefficient (Wildman–Crippen LogP) is 4.31. The Morgan fingerprint density at radius 2 is 1.95 bits per heavy atom. The fourth-order valence-corrected chi connectivity index (χ4v) is 2.08. The average Bonchev–Trinajstić information content (AvgIpc) is 2.46. The lowest BCUT2D eigenvalue weighted by atomic mass is 10.2. The van der Waals surface area contributed by atoms with Crippen molar-refractivity contribution in [2.24, 2.45) is 0 Å². The Labute approximate surface area is 127 Å². The van der Waals surface area contributed by atoms with Crippen LogP contribution in [0.4, 0.5) is 8.78 Å².